The number of nitrogens with zero attached hydrogens (tertiary/aromatic N) is 4. The number of rotatable bonds is 4. The van der Waals surface area contributed by atoms with Crippen LogP contribution >= 0.6 is 27.3 Å². The van der Waals surface area contributed by atoms with Gasteiger partial charge in [-0.2, -0.15) is 0 Å². The maximum Gasteiger partial charge on any atom is 0.120 e. The van der Waals surface area contributed by atoms with E-state index in [1.807, 2.05) is 11.6 Å². The molecule has 90 valence electrons. The Hall–Kier alpha value is -0.750. The second-order valence-electron chi connectivity index (χ2n) is 4.50. The summed E-state index contributed by atoms with van der Waals surface area (Å²) in [6.07, 6.45) is 5.56. The molecule has 0 aliphatic heterocycles. The van der Waals surface area contributed by atoms with Crippen LogP contribution in [0.5, 0.6) is 0 Å². The molecule has 0 saturated heterocycles. The van der Waals surface area contributed by atoms with E-state index in [0.717, 1.165) is 34.2 Å². The standard InChI is InChI=1S/C11H13BrN4S/c1-7-13-11(12)10(17-7)4-9-6-16(15-14-9)5-8-2-3-8/h6,8H,2-5H2,1H3. The largest absolute Gasteiger partial charge is 0.252 e. The van der Waals surface area contributed by atoms with Crippen LogP contribution in [0.2, 0.25) is 0 Å². The van der Waals surface area contributed by atoms with Crippen molar-refractivity contribution in [2.45, 2.75) is 32.7 Å². The summed E-state index contributed by atoms with van der Waals surface area (Å²) in [6, 6.07) is 0. The molecule has 3 rings (SSSR count). The van der Waals surface area contributed by atoms with Crippen LogP contribution in [0.15, 0.2) is 10.8 Å². The van der Waals surface area contributed by atoms with Crippen molar-refractivity contribution < 1.29 is 0 Å². The molecule has 0 amide bonds. The lowest BCUT2D eigenvalue weighted by atomic mass is 10.3. The minimum Gasteiger partial charge on any atom is -0.252 e. The third-order valence-corrected chi connectivity index (χ3v) is 4.72. The highest BCUT2D eigenvalue weighted by molar-refractivity contribution is 9.10. The molecule has 0 spiro atoms. The van der Waals surface area contributed by atoms with Crippen molar-refractivity contribution in [1.29, 1.82) is 0 Å². The zero-order valence-corrected chi connectivity index (χ0v) is 12.0. The van der Waals surface area contributed by atoms with Crippen LogP contribution in [0.1, 0.15) is 28.4 Å². The van der Waals surface area contributed by atoms with Gasteiger partial charge in [0.15, 0.2) is 0 Å². The summed E-state index contributed by atoms with van der Waals surface area (Å²) in [5, 5.41) is 9.46. The first kappa shape index (κ1) is 11.3. The lowest BCUT2D eigenvalue weighted by Crippen LogP contribution is -1.99. The molecule has 0 N–H and O–H groups in total. The predicted octanol–water partition coefficient (Wildman–Crippen LogP) is 2.81. The van der Waals surface area contributed by atoms with Crippen molar-refractivity contribution in [1.82, 2.24) is 20.0 Å². The second kappa shape index (κ2) is 4.49. The Kier molecular flexibility index (Phi) is 3.00. The fourth-order valence-electron chi connectivity index (χ4n) is 1.79. The molecular formula is C11H13BrN4S. The third kappa shape index (κ3) is 2.74. The maximum absolute atomic E-state index is 4.35. The Balaban J connectivity index is 1.71. The van der Waals surface area contributed by atoms with E-state index in [2.05, 4.69) is 37.4 Å². The van der Waals surface area contributed by atoms with E-state index >= 15 is 0 Å². The van der Waals surface area contributed by atoms with Gasteiger partial charge in [0.1, 0.15) is 4.60 Å². The van der Waals surface area contributed by atoms with E-state index in [0.29, 0.717) is 0 Å². The van der Waals surface area contributed by atoms with Crippen molar-refractivity contribution in [3.63, 3.8) is 0 Å². The number of halogens is 1. The van der Waals surface area contributed by atoms with Gasteiger partial charge in [-0.1, -0.05) is 5.21 Å². The zero-order chi connectivity index (χ0) is 11.8. The molecule has 0 bridgehead atoms. The van der Waals surface area contributed by atoms with E-state index in [9.17, 15) is 0 Å². The van der Waals surface area contributed by atoms with E-state index in [1.165, 1.54) is 17.7 Å². The normalized spacial score (nSPS) is 15.4. The molecule has 1 aliphatic rings. The third-order valence-electron chi connectivity index (χ3n) is 2.83. The molecule has 0 aromatic carbocycles. The van der Waals surface area contributed by atoms with Gasteiger partial charge in [0, 0.05) is 24.0 Å². The first-order valence-electron chi connectivity index (χ1n) is 5.71. The molecule has 0 unspecified atom stereocenters. The quantitative estimate of drug-likeness (QED) is 0.872. The van der Waals surface area contributed by atoms with Gasteiger partial charge >= 0.3 is 0 Å². The molecule has 0 radical (unpaired) electrons. The fourth-order valence-corrected chi connectivity index (χ4v) is 3.40. The van der Waals surface area contributed by atoms with E-state index in [4.69, 9.17) is 0 Å². The average Bonchev–Trinajstić information content (AvgIpc) is 2.88. The molecule has 1 saturated carbocycles. The topological polar surface area (TPSA) is 43.6 Å². The molecular weight excluding hydrogens is 300 g/mol. The molecule has 0 atom stereocenters. The summed E-state index contributed by atoms with van der Waals surface area (Å²) in [5.41, 5.74) is 1.02. The summed E-state index contributed by atoms with van der Waals surface area (Å²) in [4.78, 5) is 5.58. The Morgan fingerprint density at radius 1 is 1.53 bits per heavy atom. The lowest BCUT2D eigenvalue weighted by molar-refractivity contribution is 0.544. The van der Waals surface area contributed by atoms with Gasteiger partial charge in [0.2, 0.25) is 0 Å². The van der Waals surface area contributed by atoms with Gasteiger partial charge in [-0.25, -0.2) is 4.98 Å². The van der Waals surface area contributed by atoms with E-state index < -0.39 is 0 Å². The van der Waals surface area contributed by atoms with Crippen LogP contribution < -0.4 is 0 Å². The molecule has 2 heterocycles. The minimum absolute atomic E-state index is 0.816. The SMILES string of the molecule is Cc1nc(Br)c(Cc2cn(CC3CC3)nn2)s1. The minimum atomic E-state index is 0.816. The number of thiazole rings is 1. The monoisotopic (exact) mass is 312 g/mol. The first-order valence-corrected chi connectivity index (χ1v) is 7.32. The van der Waals surface area contributed by atoms with Crippen molar-refractivity contribution in [3.8, 4) is 0 Å². The van der Waals surface area contributed by atoms with E-state index in [1.54, 1.807) is 11.3 Å². The smallest absolute Gasteiger partial charge is 0.120 e. The van der Waals surface area contributed by atoms with Gasteiger partial charge in [0.05, 0.1) is 10.7 Å². The molecule has 6 heteroatoms. The summed E-state index contributed by atoms with van der Waals surface area (Å²) in [6.45, 7) is 3.04. The van der Waals surface area contributed by atoms with Crippen molar-refractivity contribution >= 4 is 27.3 Å². The van der Waals surface area contributed by atoms with Gasteiger partial charge in [0.25, 0.3) is 0 Å². The molecule has 1 fully saturated rings. The number of aryl methyl sites for hydroxylation is 1. The van der Waals surface area contributed by atoms with Gasteiger partial charge in [-0.15, -0.1) is 16.4 Å². The molecule has 2 aromatic heterocycles. The van der Waals surface area contributed by atoms with Crippen LogP contribution in [0.3, 0.4) is 0 Å². The highest BCUT2D eigenvalue weighted by Crippen LogP contribution is 2.30. The summed E-state index contributed by atoms with van der Waals surface area (Å²) >= 11 is 5.19. The van der Waals surface area contributed by atoms with Crippen LogP contribution in [0.4, 0.5) is 0 Å². The number of hydrogen-bond acceptors (Lipinski definition) is 4. The van der Waals surface area contributed by atoms with Gasteiger partial charge in [-0.05, 0) is 41.6 Å². The first-order chi connectivity index (χ1) is 8.20. The molecule has 2 aromatic rings. The summed E-state index contributed by atoms with van der Waals surface area (Å²) < 4.78 is 2.91. The molecule has 1 aliphatic carbocycles. The summed E-state index contributed by atoms with van der Waals surface area (Å²) in [7, 11) is 0. The Morgan fingerprint density at radius 2 is 2.35 bits per heavy atom. The molecule has 17 heavy (non-hydrogen) atoms. The van der Waals surface area contributed by atoms with E-state index in [-0.39, 0.29) is 0 Å². The van der Waals surface area contributed by atoms with Crippen LogP contribution in [0.25, 0.3) is 0 Å². The van der Waals surface area contributed by atoms with Gasteiger partial charge in [-0.3, -0.25) is 4.68 Å². The van der Waals surface area contributed by atoms with Crippen LogP contribution in [-0.2, 0) is 13.0 Å². The number of aromatic nitrogens is 4. The van der Waals surface area contributed by atoms with Crippen molar-refractivity contribution in [3.05, 3.63) is 26.4 Å². The van der Waals surface area contributed by atoms with Crippen LogP contribution in [0, 0.1) is 12.8 Å². The average molecular weight is 313 g/mol. The van der Waals surface area contributed by atoms with Gasteiger partial charge < -0.3 is 0 Å². The second-order valence-corrected chi connectivity index (χ2v) is 6.54. The Morgan fingerprint density at radius 3 is 3.00 bits per heavy atom. The molecule has 4 nitrogen and oxygen atoms in total. The fraction of sp³-hybridized carbons (Fsp3) is 0.545. The number of hydrogen-bond donors (Lipinski definition) is 0. The zero-order valence-electron chi connectivity index (χ0n) is 9.56. The lowest BCUT2D eigenvalue weighted by Gasteiger charge is -1.94. The summed E-state index contributed by atoms with van der Waals surface area (Å²) in [5.74, 6) is 0.835. The van der Waals surface area contributed by atoms with Crippen LogP contribution in [-0.4, -0.2) is 20.0 Å². The highest BCUT2D eigenvalue weighted by Gasteiger charge is 2.22. The van der Waals surface area contributed by atoms with Crippen molar-refractivity contribution in [2.24, 2.45) is 5.92 Å². The Bertz CT molecular complexity index is 529. The highest BCUT2D eigenvalue weighted by atomic mass is 79.9. The maximum atomic E-state index is 4.35. The Labute approximate surface area is 112 Å². The van der Waals surface area contributed by atoms with Crippen molar-refractivity contribution in [2.75, 3.05) is 0 Å². The predicted molar refractivity (Wildman–Crippen MR) is 70.1 cm³/mol.